The Labute approximate surface area is 126 Å². The molecule has 2 rings (SSSR count). The van der Waals surface area contributed by atoms with Gasteiger partial charge in [-0.05, 0) is 25.8 Å². The van der Waals surface area contributed by atoms with Crippen molar-refractivity contribution in [3.8, 4) is 0 Å². The number of morpholine rings is 1. The number of nitrogens with zero attached hydrogens (tertiary/aromatic N) is 2. The van der Waals surface area contributed by atoms with Crippen LogP contribution in [0.2, 0.25) is 0 Å². The number of aromatic nitrogens is 1. The third kappa shape index (κ3) is 3.93. The molecule has 0 bridgehead atoms. The van der Waals surface area contributed by atoms with Gasteiger partial charge in [0.05, 0.1) is 24.9 Å². The van der Waals surface area contributed by atoms with Crippen molar-refractivity contribution >= 4 is 16.5 Å². The summed E-state index contributed by atoms with van der Waals surface area (Å²) in [7, 11) is 0. The van der Waals surface area contributed by atoms with Crippen molar-refractivity contribution < 1.29 is 4.74 Å². The molecule has 1 N–H and O–H groups in total. The predicted octanol–water partition coefficient (Wildman–Crippen LogP) is 2.68. The SMILES string of the molecule is CCc1nc(N2CCOCC2C)sc1CNCC(C)C. The van der Waals surface area contributed by atoms with Crippen LogP contribution in [0.1, 0.15) is 38.3 Å². The lowest BCUT2D eigenvalue weighted by Crippen LogP contribution is -2.43. The van der Waals surface area contributed by atoms with Crippen molar-refractivity contribution in [2.75, 3.05) is 31.2 Å². The van der Waals surface area contributed by atoms with E-state index in [1.54, 1.807) is 0 Å². The summed E-state index contributed by atoms with van der Waals surface area (Å²) in [5, 5.41) is 4.70. The van der Waals surface area contributed by atoms with E-state index in [1.807, 2.05) is 11.3 Å². The maximum absolute atomic E-state index is 5.51. The highest BCUT2D eigenvalue weighted by atomic mass is 32.1. The van der Waals surface area contributed by atoms with Crippen LogP contribution in [0.25, 0.3) is 0 Å². The molecule has 1 saturated heterocycles. The number of hydrogen-bond donors (Lipinski definition) is 1. The van der Waals surface area contributed by atoms with Gasteiger partial charge < -0.3 is 15.0 Å². The first-order valence-electron chi connectivity index (χ1n) is 7.65. The van der Waals surface area contributed by atoms with Gasteiger partial charge >= 0.3 is 0 Å². The van der Waals surface area contributed by atoms with E-state index >= 15 is 0 Å². The number of aryl methyl sites for hydroxylation is 1. The molecule has 0 aliphatic carbocycles. The molecule has 0 radical (unpaired) electrons. The molecule has 0 amide bonds. The molecule has 0 spiro atoms. The predicted molar refractivity (Wildman–Crippen MR) is 85.7 cm³/mol. The van der Waals surface area contributed by atoms with Gasteiger partial charge in [0.15, 0.2) is 5.13 Å². The molecular weight excluding hydrogens is 270 g/mol. The van der Waals surface area contributed by atoms with Crippen LogP contribution in [0.4, 0.5) is 5.13 Å². The molecule has 1 aliphatic heterocycles. The molecule has 114 valence electrons. The fraction of sp³-hybridized carbons (Fsp3) is 0.800. The van der Waals surface area contributed by atoms with E-state index in [2.05, 4.69) is 37.9 Å². The van der Waals surface area contributed by atoms with Crippen LogP contribution < -0.4 is 10.2 Å². The molecule has 20 heavy (non-hydrogen) atoms. The van der Waals surface area contributed by atoms with Gasteiger partial charge in [-0.1, -0.05) is 20.8 Å². The average molecular weight is 297 g/mol. The Morgan fingerprint density at radius 1 is 1.50 bits per heavy atom. The topological polar surface area (TPSA) is 37.4 Å². The lowest BCUT2D eigenvalue weighted by Gasteiger charge is -2.32. The highest BCUT2D eigenvalue weighted by Gasteiger charge is 2.23. The van der Waals surface area contributed by atoms with Crippen LogP contribution in [0.15, 0.2) is 0 Å². The summed E-state index contributed by atoms with van der Waals surface area (Å²) in [6, 6.07) is 0.427. The van der Waals surface area contributed by atoms with Crippen molar-refractivity contribution in [3.05, 3.63) is 10.6 Å². The van der Waals surface area contributed by atoms with E-state index in [0.29, 0.717) is 12.0 Å². The van der Waals surface area contributed by atoms with Gasteiger partial charge in [-0.2, -0.15) is 0 Å². The average Bonchev–Trinajstić information content (AvgIpc) is 2.82. The number of anilines is 1. The number of rotatable bonds is 6. The number of ether oxygens (including phenoxy) is 1. The quantitative estimate of drug-likeness (QED) is 0.876. The molecule has 2 heterocycles. The molecule has 1 fully saturated rings. The van der Waals surface area contributed by atoms with Crippen LogP contribution >= 0.6 is 11.3 Å². The lowest BCUT2D eigenvalue weighted by molar-refractivity contribution is 0.0989. The Kier molecular flexibility index (Phi) is 5.81. The lowest BCUT2D eigenvalue weighted by atomic mass is 10.2. The van der Waals surface area contributed by atoms with E-state index in [4.69, 9.17) is 9.72 Å². The largest absolute Gasteiger partial charge is 0.377 e. The van der Waals surface area contributed by atoms with Gasteiger partial charge in [0, 0.05) is 18.0 Å². The summed E-state index contributed by atoms with van der Waals surface area (Å²) in [6.45, 7) is 13.5. The van der Waals surface area contributed by atoms with Crippen LogP contribution in [0.3, 0.4) is 0 Å². The monoisotopic (exact) mass is 297 g/mol. The van der Waals surface area contributed by atoms with Gasteiger partial charge in [-0.25, -0.2) is 4.98 Å². The maximum atomic E-state index is 5.51. The third-order valence-electron chi connectivity index (χ3n) is 3.55. The highest BCUT2D eigenvalue weighted by molar-refractivity contribution is 7.15. The molecular formula is C15H27N3OS. The molecule has 5 heteroatoms. The molecule has 1 atom stereocenters. The van der Waals surface area contributed by atoms with Gasteiger partial charge in [0.1, 0.15) is 0 Å². The minimum Gasteiger partial charge on any atom is -0.377 e. The minimum absolute atomic E-state index is 0.427. The highest BCUT2D eigenvalue weighted by Crippen LogP contribution is 2.29. The molecule has 4 nitrogen and oxygen atoms in total. The van der Waals surface area contributed by atoms with Crippen LogP contribution in [0, 0.1) is 5.92 Å². The summed E-state index contributed by atoms with van der Waals surface area (Å²) in [5.74, 6) is 0.687. The summed E-state index contributed by atoms with van der Waals surface area (Å²) in [4.78, 5) is 8.63. The standard InChI is InChI=1S/C15H27N3OS/c1-5-13-14(9-16-8-11(2)3)20-15(17-13)18-6-7-19-10-12(18)4/h11-12,16H,5-10H2,1-4H3. The summed E-state index contributed by atoms with van der Waals surface area (Å²) in [6.07, 6.45) is 1.01. The van der Waals surface area contributed by atoms with Crippen molar-refractivity contribution in [2.24, 2.45) is 5.92 Å². The van der Waals surface area contributed by atoms with E-state index in [9.17, 15) is 0 Å². The van der Waals surface area contributed by atoms with E-state index in [0.717, 1.165) is 39.3 Å². The number of thiazole rings is 1. The van der Waals surface area contributed by atoms with Crippen molar-refractivity contribution in [1.82, 2.24) is 10.3 Å². The fourth-order valence-corrected chi connectivity index (χ4v) is 3.64. The molecule has 1 aromatic rings. The van der Waals surface area contributed by atoms with Gasteiger partial charge in [-0.3, -0.25) is 0 Å². The summed E-state index contributed by atoms with van der Waals surface area (Å²) in [5.41, 5.74) is 1.25. The van der Waals surface area contributed by atoms with Gasteiger partial charge in [-0.15, -0.1) is 11.3 Å². The van der Waals surface area contributed by atoms with E-state index in [-0.39, 0.29) is 0 Å². The van der Waals surface area contributed by atoms with Crippen LogP contribution in [-0.4, -0.2) is 37.3 Å². The molecule has 0 aromatic carbocycles. The zero-order valence-electron chi connectivity index (χ0n) is 13.1. The third-order valence-corrected chi connectivity index (χ3v) is 4.69. The number of hydrogen-bond acceptors (Lipinski definition) is 5. The number of nitrogens with one attached hydrogen (secondary N) is 1. The van der Waals surface area contributed by atoms with E-state index < -0.39 is 0 Å². The second kappa shape index (κ2) is 7.38. The molecule has 1 aliphatic rings. The Morgan fingerprint density at radius 3 is 2.95 bits per heavy atom. The van der Waals surface area contributed by atoms with Crippen molar-refractivity contribution in [1.29, 1.82) is 0 Å². The first kappa shape index (κ1) is 15.7. The van der Waals surface area contributed by atoms with Crippen LogP contribution in [0.5, 0.6) is 0 Å². The van der Waals surface area contributed by atoms with Crippen molar-refractivity contribution in [2.45, 2.75) is 46.7 Å². The Balaban J connectivity index is 2.05. The second-order valence-electron chi connectivity index (χ2n) is 5.86. The minimum atomic E-state index is 0.427. The summed E-state index contributed by atoms with van der Waals surface area (Å²) < 4.78 is 5.51. The van der Waals surface area contributed by atoms with Gasteiger partial charge in [0.2, 0.25) is 0 Å². The maximum Gasteiger partial charge on any atom is 0.186 e. The molecule has 1 unspecified atom stereocenters. The molecule has 1 aromatic heterocycles. The van der Waals surface area contributed by atoms with Gasteiger partial charge in [0.25, 0.3) is 0 Å². The smallest absolute Gasteiger partial charge is 0.186 e. The zero-order chi connectivity index (χ0) is 14.5. The van der Waals surface area contributed by atoms with Crippen molar-refractivity contribution in [3.63, 3.8) is 0 Å². The van der Waals surface area contributed by atoms with E-state index in [1.165, 1.54) is 15.7 Å². The van der Waals surface area contributed by atoms with Crippen LogP contribution in [-0.2, 0) is 17.7 Å². The Morgan fingerprint density at radius 2 is 2.30 bits per heavy atom. The molecule has 0 saturated carbocycles. The Hall–Kier alpha value is -0.650. The first-order chi connectivity index (χ1) is 9.61. The zero-order valence-corrected chi connectivity index (χ0v) is 13.9. The fourth-order valence-electron chi connectivity index (χ4n) is 2.39. The Bertz CT molecular complexity index is 419. The summed E-state index contributed by atoms with van der Waals surface area (Å²) >= 11 is 1.84. The normalized spacial score (nSPS) is 19.9. The first-order valence-corrected chi connectivity index (χ1v) is 8.47. The second-order valence-corrected chi connectivity index (χ2v) is 6.92.